The fourth-order valence-corrected chi connectivity index (χ4v) is 4.29. The molecular weight excluding hydrogens is 395 g/mol. The summed E-state index contributed by atoms with van der Waals surface area (Å²) in [5.41, 5.74) is 2.76. The number of hydrogen-bond acceptors (Lipinski definition) is 3. The van der Waals surface area contributed by atoms with Crippen LogP contribution in [0.25, 0.3) is 0 Å². The van der Waals surface area contributed by atoms with Crippen molar-refractivity contribution < 1.29 is 18.7 Å². The number of nitrogens with zero attached hydrogens (tertiary/aromatic N) is 1. The van der Waals surface area contributed by atoms with E-state index >= 15 is 0 Å². The molecule has 0 unspecified atom stereocenters. The van der Waals surface area contributed by atoms with Crippen molar-refractivity contribution >= 4 is 23.4 Å². The van der Waals surface area contributed by atoms with Crippen LogP contribution in [0.5, 0.6) is 5.75 Å². The van der Waals surface area contributed by atoms with Crippen LogP contribution in [-0.2, 0) is 6.42 Å². The van der Waals surface area contributed by atoms with Gasteiger partial charge in [-0.3, -0.25) is 9.59 Å². The van der Waals surface area contributed by atoms with Crippen LogP contribution in [0, 0.1) is 18.7 Å². The second kappa shape index (κ2) is 7.34. The third kappa shape index (κ3) is 3.35. The standard InChI is InChI=1S/C22H22ClFN2O3/c1-11-9-26-10-18(11)29-20-16(22(26)28)8-14(12(2)19(20)23)6-13-4-5-15(17(24)7-13)21(27)25-3/h4-5,7-8,11,18H,6,9-10H2,1-3H3,(H,25,27)/t11-,18+/m0/s1. The molecular formula is C22H22ClFN2O3. The quantitative estimate of drug-likeness (QED) is 0.831. The summed E-state index contributed by atoms with van der Waals surface area (Å²) in [4.78, 5) is 26.5. The monoisotopic (exact) mass is 416 g/mol. The fraction of sp³-hybridized carbons (Fsp3) is 0.364. The maximum atomic E-state index is 14.3. The Bertz CT molecular complexity index is 1020. The SMILES string of the molecule is CNC(=O)c1ccc(Cc2cc3c(c(Cl)c2C)O[C@@H]2CN(C[C@@H]2C)C3=O)cc1F. The zero-order chi connectivity index (χ0) is 20.9. The van der Waals surface area contributed by atoms with Crippen LogP contribution in [0.4, 0.5) is 4.39 Å². The van der Waals surface area contributed by atoms with Crippen molar-refractivity contribution in [2.24, 2.45) is 5.92 Å². The molecule has 0 aromatic heterocycles. The van der Waals surface area contributed by atoms with Crippen molar-refractivity contribution in [1.29, 1.82) is 0 Å². The summed E-state index contributed by atoms with van der Waals surface area (Å²) < 4.78 is 20.5. The number of fused-ring (bicyclic) bond motifs is 3. The topological polar surface area (TPSA) is 58.6 Å². The van der Waals surface area contributed by atoms with Gasteiger partial charge >= 0.3 is 0 Å². The lowest BCUT2D eigenvalue weighted by atomic mass is 9.96. The molecule has 2 bridgehead atoms. The summed E-state index contributed by atoms with van der Waals surface area (Å²) in [6, 6.07) is 6.31. The van der Waals surface area contributed by atoms with Crippen molar-refractivity contribution in [3.8, 4) is 5.75 Å². The predicted octanol–water partition coefficient (Wildman–Crippen LogP) is 3.59. The first kappa shape index (κ1) is 19.7. The summed E-state index contributed by atoms with van der Waals surface area (Å²) in [7, 11) is 1.46. The molecule has 2 aliphatic rings. The predicted molar refractivity (Wildman–Crippen MR) is 108 cm³/mol. The second-order valence-corrected chi connectivity index (χ2v) is 8.14. The molecule has 5 nitrogen and oxygen atoms in total. The minimum atomic E-state index is -0.586. The van der Waals surface area contributed by atoms with Crippen LogP contribution in [0.15, 0.2) is 24.3 Å². The fourth-order valence-electron chi connectivity index (χ4n) is 4.02. The first-order chi connectivity index (χ1) is 13.8. The Hall–Kier alpha value is -2.60. The molecule has 4 rings (SSSR count). The number of benzene rings is 2. The van der Waals surface area contributed by atoms with E-state index in [-0.39, 0.29) is 23.5 Å². The lowest BCUT2D eigenvalue weighted by Crippen LogP contribution is -2.28. The van der Waals surface area contributed by atoms with Gasteiger partial charge in [0.15, 0.2) is 5.75 Å². The van der Waals surface area contributed by atoms with Crippen molar-refractivity contribution in [3.63, 3.8) is 0 Å². The Balaban J connectivity index is 1.71. The van der Waals surface area contributed by atoms with Crippen LogP contribution in [0.2, 0.25) is 5.02 Å². The lowest BCUT2D eigenvalue weighted by Gasteiger charge is -2.22. The summed E-state index contributed by atoms with van der Waals surface area (Å²) in [5.74, 6) is -0.448. The van der Waals surface area contributed by atoms with Gasteiger partial charge in [0, 0.05) is 19.5 Å². The molecule has 29 heavy (non-hydrogen) atoms. The molecule has 1 saturated heterocycles. The molecule has 2 atom stereocenters. The molecule has 1 fully saturated rings. The van der Waals surface area contributed by atoms with E-state index in [2.05, 4.69) is 12.2 Å². The minimum Gasteiger partial charge on any atom is -0.486 e. The minimum absolute atomic E-state index is 0.00513. The number of carbonyl (C=O) groups is 2. The number of ether oxygens (including phenoxy) is 1. The molecule has 2 heterocycles. The number of rotatable bonds is 3. The van der Waals surface area contributed by atoms with Crippen LogP contribution >= 0.6 is 11.6 Å². The van der Waals surface area contributed by atoms with Gasteiger partial charge in [-0.25, -0.2) is 4.39 Å². The van der Waals surface area contributed by atoms with E-state index in [1.54, 1.807) is 17.0 Å². The van der Waals surface area contributed by atoms with Crippen molar-refractivity contribution in [2.45, 2.75) is 26.4 Å². The number of carbonyl (C=O) groups excluding carboxylic acids is 2. The molecule has 152 valence electrons. The van der Waals surface area contributed by atoms with Crippen molar-refractivity contribution in [1.82, 2.24) is 10.2 Å². The lowest BCUT2D eigenvalue weighted by molar-refractivity contribution is 0.0789. The molecule has 2 aromatic rings. The zero-order valence-corrected chi connectivity index (χ0v) is 17.3. The van der Waals surface area contributed by atoms with Crippen LogP contribution < -0.4 is 10.1 Å². The third-order valence-corrected chi connectivity index (χ3v) is 6.26. The van der Waals surface area contributed by atoms with Crippen LogP contribution in [0.3, 0.4) is 0 Å². The van der Waals surface area contributed by atoms with Gasteiger partial charge in [-0.15, -0.1) is 0 Å². The van der Waals surface area contributed by atoms with Crippen LogP contribution in [0.1, 0.15) is 44.3 Å². The summed E-state index contributed by atoms with van der Waals surface area (Å²) in [5, 5.41) is 2.84. The molecule has 1 N–H and O–H groups in total. The molecule has 0 radical (unpaired) electrons. The van der Waals surface area contributed by atoms with E-state index in [1.165, 1.54) is 19.2 Å². The van der Waals surface area contributed by atoms with Gasteiger partial charge in [-0.2, -0.15) is 0 Å². The summed E-state index contributed by atoms with van der Waals surface area (Å²) in [6.45, 7) is 5.16. The Morgan fingerprint density at radius 3 is 2.79 bits per heavy atom. The normalized spacial score (nSPS) is 20.2. The maximum absolute atomic E-state index is 14.3. The highest BCUT2D eigenvalue weighted by Crippen LogP contribution is 2.40. The average molecular weight is 417 g/mol. The van der Waals surface area contributed by atoms with Gasteiger partial charge in [-0.05, 0) is 48.2 Å². The van der Waals surface area contributed by atoms with E-state index < -0.39 is 11.7 Å². The van der Waals surface area contributed by atoms with Crippen molar-refractivity contribution in [2.75, 3.05) is 20.1 Å². The molecule has 2 aromatic carbocycles. The first-order valence-electron chi connectivity index (χ1n) is 9.58. The van der Waals surface area contributed by atoms with Crippen LogP contribution in [-0.4, -0.2) is 43.0 Å². The largest absolute Gasteiger partial charge is 0.486 e. The summed E-state index contributed by atoms with van der Waals surface area (Å²) >= 11 is 6.60. The first-order valence-corrected chi connectivity index (χ1v) is 9.96. The molecule has 7 heteroatoms. The van der Waals surface area contributed by atoms with Gasteiger partial charge in [0.2, 0.25) is 0 Å². The Morgan fingerprint density at radius 2 is 2.10 bits per heavy atom. The van der Waals surface area contributed by atoms with Gasteiger partial charge < -0.3 is 15.0 Å². The molecule has 0 saturated carbocycles. The molecule has 2 aliphatic heterocycles. The Labute approximate surface area is 173 Å². The van der Waals surface area contributed by atoms with E-state index in [9.17, 15) is 14.0 Å². The highest BCUT2D eigenvalue weighted by atomic mass is 35.5. The highest BCUT2D eigenvalue weighted by molar-refractivity contribution is 6.33. The van der Waals surface area contributed by atoms with E-state index in [4.69, 9.17) is 16.3 Å². The van der Waals surface area contributed by atoms with Gasteiger partial charge in [-0.1, -0.05) is 24.6 Å². The molecule has 0 aliphatic carbocycles. The maximum Gasteiger partial charge on any atom is 0.257 e. The number of hydrogen-bond donors (Lipinski definition) is 1. The van der Waals surface area contributed by atoms with Crippen molar-refractivity contribution in [3.05, 3.63) is 62.9 Å². The van der Waals surface area contributed by atoms with E-state index in [0.29, 0.717) is 41.4 Å². The number of amides is 2. The Morgan fingerprint density at radius 1 is 1.34 bits per heavy atom. The van der Waals surface area contributed by atoms with E-state index in [1.807, 2.05) is 6.92 Å². The number of nitrogens with one attached hydrogen (secondary N) is 1. The Kier molecular flexibility index (Phi) is 4.99. The third-order valence-electron chi connectivity index (χ3n) is 5.80. The van der Waals surface area contributed by atoms with Gasteiger partial charge in [0.25, 0.3) is 11.8 Å². The zero-order valence-electron chi connectivity index (χ0n) is 16.5. The second-order valence-electron chi connectivity index (χ2n) is 7.77. The highest BCUT2D eigenvalue weighted by Gasteiger charge is 2.40. The molecule has 0 spiro atoms. The smallest absolute Gasteiger partial charge is 0.257 e. The van der Waals surface area contributed by atoms with Gasteiger partial charge in [0.1, 0.15) is 11.9 Å². The summed E-state index contributed by atoms with van der Waals surface area (Å²) in [6.07, 6.45) is 0.325. The number of halogens is 2. The average Bonchev–Trinajstić information content (AvgIpc) is 3.00. The van der Waals surface area contributed by atoms with E-state index in [0.717, 1.165) is 11.1 Å². The molecule has 2 amide bonds. The van der Waals surface area contributed by atoms with Gasteiger partial charge in [0.05, 0.1) is 22.7 Å².